The molecule has 0 radical (unpaired) electrons. The quantitative estimate of drug-likeness (QED) is 0.881. The van der Waals surface area contributed by atoms with Crippen LogP contribution in [0.3, 0.4) is 0 Å². The molecule has 1 aromatic rings. The second-order valence-electron chi connectivity index (χ2n) is 5.68. The summed E-state index contributed by atoms with van der Waals surface area (Å²) in [6, 6.07) is 6.57. The smallest absolute Gasteiger partial charge is 0.122 e. The van der Waals surface area contributed by atoms with Gasteiger partial charge in [-0.1, -0.05) is 31.0 Å². The van der Waals surface area contributed by atoms with Crippen molar-refractivity contribution < 1.29 is 4.74 Å². The lowest BCUT2D eigenvalue weighted by Crippen LogP contribution is -2.39. The minimum Gasteiger partial charge on any atom is -0.496 e. The predicted octanol–water partition coefficient (Wildman–Crippen LogP) is 3.28. The summed E-state index contributed by atoms with van der Waals surface area (Å²) in [5.74, 6) is 1.75. The molecular formula is C16H25NO. The summed E-state index contributed by atoms with van der Waals surface area (Å²) in [7, 11) is 3.83. The highest BCUT2D eigenvalue weighted by molar-refractivity contribution is 5.44. The molecule has 2 atom stereocenters. The molecule has 2 rings (SSSR count). The summed E-state index contributed by atoms with van der Waals surface area (Å²) in [5.41, 5.74) is 2.95. The van der Waals surface area contributed by atoms with Crippen LogP contribution in [-0.2, 0) is 5.41 Å². The van der Waals surface area contributed by atoms with Gasteiger partial charge in [0.1, 0.15) is 5.75 Å². The lowest BCUT2D eigenvalue weighted by molar-refractivity contribution is 0.307. The maximum Gasteiger partial charge on any atom is 0.122 e. The summed E-state index contributed by atoms with van der Waals surface area (Å²) < 4.78 is 5.60. The maximum atomic E-state index is 5.60. The van der Waals surface area contributed by atoms with Crippen LogP contribution < -0.4 is 10.1 Å². The molecule has 18 heavy (non-hydrogen) atoms. The fourth-order valence-electron chi connectivity index (χ4n) is 3.53. The average molecular weight is 247 g/mol. The van der Waals surface area contributed by atoms with E-state index in [9.17, 15) is 0 Å². The number of benzene rings is 1. The van der Waals surface area contributed by atoms with Crippen molar-refractivity contribution in [3.8, 4) is 5.75 Å². The Bertz CT molecular complexity index is 416. The second-order valence-corrected chi connectivity index (χ2v) is 5.68. The second kappa shape index (κ2) is 5.31. The number of hydrogen-bond donors (Lipinski definition) is 1. The molecule has 1 N–H and O–H groups in total. The largest absolute Gasteiger partial charge is 0.496 e. The number of ether oxygens (including phenoxy) is 1. The zero-order valence-electron chi connectivity index (χ0n) is 12.0. The van der Waals surface area contributed by atoms with Gasteiger partial charge in [0.15, 0.2) is 0 Å². The van der Waals surface area contributed by atoms with Gasteiger partial charge in [-0.3, -0.25) is 0 Å². The van der Waals surface area contributed by atoms with Gasteiger partial charge < -0.3 is 10.1 Å². The molecule has 0 amide bonds. The number of nitrogens with one attached hydrogen (secondary N) is 1. The molecule has 2 nitrogen and oxygen atoms in total. The Balaban J connectivity index is 2.51. The molecule has 1 aliphatic rings. The van der Waals surface area contributed by atoms with Crippen LogP contribution in [0, 0.1) is 12.8 Å². The van der Waals surface area contributed by atoms with Crippen molar-refractivity contribution >= 4 is 0 Å². The zero-order chi connectivity index (χ0) is 13.2. The molecule has 1 saturated carbocycles. The van der Waals surface area contributed by atoms with E-state index in [0.717, 1.165) is 12.3 Å². The van der Waals surface area contributed by atoms with Crippen molar-refractivity contribution in [2.75, 3.05) is 20.7 Å². The standard InChI is InChI=1S/C16H25NO/c1-12-7-8-15(18-4)14(10-12)16(11-17-3)9-5-6-13(16)2/h7-8,10,13,17H,5-6,9,11H2,1-4H3. The first-order valence-electron chi connectivity index (χ1n) is 6.94. The molecular weight excluding hydrogens is 222 g/mol. The first-order chi connectivity index (χ1) is 8.64. The molecule has 0 heterocycles. The van der Waals surface area contributed by atoms with Gasteiger partial charge in [0.25, 0.3) is 0 Å². The van der Waals surface area contributed by atoms with E-state index in [1.165, 1.54) is 30.4 Å². The first kappa shape index (κ1) is 13.4. The number of methoxy groups -OCH3 is 1. The van der Waals surface area contributed by atoms with E-state index in [1.54, 1.807) is 7.11 Å². The Kier molecular flexibility index (Phi) is 3.96. The Morgan fingerprint density at radius 2 is 2.22 bits per heavy atom. The van der Waals surface area contributed by atoms with Crippen LogP contribution in [0.2, 0.25) is 0 Å². The SMILES string of the molecule is CNCC1(c2cc(C)ccc2OC)CCCC1C. The van der Waals surface area contributed by atoms with Crippen LogP contribution in [0.25, 0.3) is 0 Å². The lowest BCUT2D eigenvalue weighted by atomic mass is 9.72. The Labute approximate surface area is 111 Å². The van der Waals surface area contributed by atoms with Crippen molar-refractivity contribution in [1.82, 2.24) is 5.32 Å². The molecule has 2 unspecified atom stereocenters. The van der Waals surface area contributed by atoms with Crippen LogP contribution in [-0.4, -0.2) is 20.7 Å². The van der Waals surface area contributed by atoms with E-state index in [-0.39, 0.29) is 5.41 Å². The number of likely N-dealkylation sites (N-methyl/N-ethyl adjacent to an activating group) is 1. The summed E-state index contributed by atoms with van der Waals surface area (Å²) in [6.07, 6.45) is 3.90. The van der Waals surface area contributed by atoms with Crippen LogP contribution in [0.1, 0.15) is 37.3 Å². The summed E-state index contributed by atoms with van der Waals surface area (Å²) >= 11 is 0. The van der Waals surface area contributed by atoms with Crippen molar-refractivity contribution in [2.24, 2.45) is 5.92 Å². The molecule has 0 spiro atoms. The lowest BCUT2D eigenvalue weighted by Gasteiger charge is -2.35. The van der Waals surface area contributed by atoms with Gasteiger partial charge in [0.2, 0.25) is 0 Å². The van der Waals surface area contributed by atoms with Crippen molar-refractivity contribution in [1.29, 1.82) is 0 Å². The average Bonchev–Trinajstić information content (AvgIpc) is 2.72. The van der Waals surface area contributed by atoms with E-state index < -0.39 is 0 Å². The van der Waals surface area contributed by atoms with Crippen LogP contribution in [0.15, 0.2) is 18.2 Å². The van der Waals surface area contributed by atoms with E-state index in [4.69, 9.17) is 4.74 Å². The number of hydrogen-bond acceptors (Lipinski definition) is 2. The van der Waals surface area contributed by atoms with Crippen LogP contribution in [0.5, 0.6) is 5.75 Å². The number of rotatable bonds is 4. The summed E-state index contributed by atoms with van der Waals surface area (Å²) in [4.78, 5) is 0. The van der Waals surface area contributed by atoms with Crippen LogP contribution in [0.4, 0.5) is 0 Å². The fraction of sp³-hybridized carbons (Fsp3) is 0.625. The minimum atomic E-state index is 0.242. The predicted molar refractivity (Wildman–Crippen MR) is 76.4 cm³/mol. The van der Waals surface area contributed by atoms with Crippen molar-refractivity contribution in [3.63, 3.8) is 0 Å². The highest BCUT2D eigenvalue weighted by Crippen LogP contribution is 2.48. The van der Waals surface area contributed by atoms with E-state index in [0.29, 0.717) is 5.92 Å². The van der Waals surface area contributed by atoms with Gasteiger partial charge in [-0.15, -0.1) is 0 Å². The third-order valence-electron chi connectivity index (χ3n) is 4.59. The topological polar surface area (TPSA) is 21.3 Å². The Morgan fingerprint density at radius 3 is 2.78 bits per heavy atom. The first-order valence-corrected chi connectivity index (χ1v) is 6.94. The monoisotopic (exact) mass is 247 g/mol. The summed E-state index contributed by atoms with van der Waals surface area (Å²) in [5, 5.41) is 3.39. The molecule has 0 aromatic heterocycles. The van der Waals surface area contributed by atoms with Gasteiger partial charge >= 0.3 is 0 Å². The normalized spacial score (nSPS) is 27.4. The molecule has 1 aromatic carbocycles. The van der Waals surface area contributed by atoms with Gasteiger partial charge in [-0.25, -0.2) is 0 Å². The zero-order valence-corrected chi connectivity index (χ0v) is 12.0. The van der Waals surface area contributed by atoms with Crippen LogP contribution >= 0.6 is 0 Å². The molecule has 2 heteroatoms. The molecule has 1 fully saturated rings. The number of aryl methyl sites for hydroxylation is 1. The third-order valence-corrected chi connectivity index (χ3v) is 4.59. The molecule has 0 saturated heterocycles. The fourth-order valence-corrected chi connectivity index (χ4v) is 3.53. The van der Waals surface area contributed by atoms with Crippen molar-refractivity contribution in [2.45, 2.75) is 38.5 Å². The molecule has 0 aliphatic heterocycles. The Hall–Kier alpha value is -1.02. The third kappa shape index (κ3) is 2.14. The molecule has 0 bridgehead atoms. The van der Waals surface area contributed by atoms with Gasteiger partial charge in [-0.05, 0) is 38.8 Å². The Morgan fingerprint density at radius 1 is 1.44 bits per heavy atom. The van der Waals surface area contributed by atoms with Gasteiger partial charge in [-0.2, -0.15) is 0 Å². The maximum absolute atomic E-state index is 5.60. The van der Waals surface area contributed by atoms with Gasteiger partial charge in [0.05, 0.1) is 7.11 Å². The van der Waals surface area contributed by atoms with E-state index >= 15 is 0 Å². The highest BCUT2D eigenvalue weighted by atomic mass is 16.5. The van der Waals surface area contributed by atoms with Crippen molar-refractivity contribution in [3.05, 3.63) is 29.3 Å². The molecule has 1 aliphatic carbocycles. The highest BCUT2D eigenvalue weighted by Gasteiger charge is 2.42. The van der Waals surface area contributed by atoms with Gasteiger partial charge in [0, 0.05) is 17.5 Å². The van der Waals surface area contributed by atoms with E-state index in [1.807, 2.05) is 0 Å². The molecule has 100 valence electrons. The van der Waals surface area contributed by atoms with E-state index in [2.05, 4.69) is 44.4 Å². The minimum absolute atomic E-state index is 0.242. The summed E-state index contributed by atoms with van der Waals surface area (Å²) in [6.45, 7) is 5.58.